The van der Waals surface area contributed by atoms with Crippen molar-refractivity contribution in [2.24, 2.45) is 5.92 Å². The maximum Gasteiger partial charge on any atom is 0.119 e. The van der Waals surface area contributed by atoms with Gasteiger partial charge in [-0.25, -0.2) is 0 Å². The number of ether oxygens (including phenoxy) is 1. The van der Waals surface area contributed by atoms with Crippen LogP contribution in [0.3, 0.4) is 0 Å². The van der Waals surface area contributed by atoms with E-state index in [2.05, 4.69) is 68.4 Å². The van der Waals surface area contributed by atoms with Crippen LogP contribution in [0, 0.1) is 5.92 Å². The molecule has 0 aliphatic carbocycles. The second-order valence-corrected chi connectivity index (χ2v) is 6.37. The first-order valence-corrected chi connectivity index (χ1v) is 8.49. The molecule has 0 aromatic heterocycles. The second-order valence-electron chi connectivity index (χ2n) is 6.37. The quantitative estimate of drug-likeness (QED) is 0.541. The Bertz CT molecular complexity index is 513. The minimum Gasteiger partial charge on any atom is -0.494 e. The lowest BCUT2D eigenvalue weighted by Crippen LogP contribution is -1.99. The molecule has 0 unspecified atom stereocenters. The zero-order valence-corrected chi connectivity index (χ0v) is 13.9. The van der Waals surface area contributed by atoms with Gasteiger partial charge in [0.05, 0.1) is 6.61 Å². The van der Waals surface area contributed by atoms with Gasteiger partial charge in [0.15, 0.2) is 0 Å². The summed E-state index contributed by atoms with van der Waals surface area (Å²) in [6.45, 7) is 5.35. The molecule has 0 spiro atoms. The summed E-state index contributed by atoms with van der Waals surface area (Å²) in [7, 11) is 0. The normalized spacial score (nSPS) is 10.9. The lowest BCUT2D eigenvalue weighted by molar-refractivity contribution is 0.307. The van der Waals surface area contributed by atoms with E-state index >= 15 is 0 Å². The van der Waals surface area contributed by atoms with Crippen LogP contribution < -0.4 is 4.74 Å². The molecule has 0 fully saturated rings. The van der Waals surface area contributed by atoms with Gasteiger partial charge in [0.1, 0.15) is 5.75 Å². The third kappa shape index (κ3) is 6.34. The van der Waals surface area contributed by atoms with E-state index in [9.17, 15) is 0 Å². The van der Waals surface area contributed by atoms with Crippen molar-refractivity contribution < 1.29 is 4.74 Å². The number of benzene rings is 2. The van der Waals surface area contributed by atoms with Crippen LogP contribution in [0.25, 0.3) is 0 Å². The third-order valence-electron chi connectivity index (χ3n) is 3.91. The smallest absolute Gasteiger partial charge is 0.119 e. The molecule has 0 saturated heterocycles. The van der Waals surface area contributed by atoms with E-state index in [-0.39, 0.29) is 0 Å². The Morgan fingerprint density at radius 1 is 0.773 bits per heavy atom. The van der Waals surface area contributed by atoms with E-state index < -0.39 is 0 Å². The Kier molecular flexibility index (Phi) is 7.02. The van der Waals surface area contributed by atoms with Crippen molar-refractivity contribution in [1.82, 2.24) is 0 Å². The zero-order valence-electron chi connectivity index (χ0n) is 13.9. The fourth-order valence-corrected chi connectivity index (χ4v) is 2.47. The van der Waals surface area contributed by atoms with Crippen LogP contribution >= 0.6 is 0 Å². The molecule has 0 heterocycles. The number of aryl methyl sites for hydroxylation is 2. The van der Waals surface area contributed by atoms with Gasteiger partial charge in [-0.05, 0) is 61.3 Å². The summed E-state index contributed by atoms with van der Waals surface area (Å²) in [5, 5.41) is 0. The summed E-state index contributed by atoms with van der Waals surface area (Å²) in [6, 6.07) is 19.3. The van der Waals surface area contributed by atoms with E-state index in [0.29, 0.717) is 0 Å². The number of rotatable bonds is 9. The molecule has 0 bridgehead atoms. The van der Waals surface area contributed by atoms with Crippen molar-refractivity contribution in [3.05, 3.63) is 65.7 Å². The van der Waals surface area contributed by atoms with Gasteiger partial charge in [-0.1, -0.05) is 56.3 Å². The molecule has 1 heteroatoms. The van der Waals surface area contributed by atoms with E-state index in [1.807, 2.05) is 0 Å². The number of hydrogen-bond donors (Lipinski definition) is 0. The number of hydrogen-bond acceptors (Lipinski definition) is 1. The van der Waals surface area contributed by atoms with E-state index in [4.69, 9.17) is 4.74 Å². The molecule has 2 aromatic rings. The van der Waals surface area contributed by atoms with E-state index in [1.54, 1.807) is 0 Å². The molecule has 0 N–H and O–H groups in total. The maximum atomic E-state index is 5.82. The van der Waals surface area contributed by atoms with Crippen LogP contribution in [0.15, 0.2) is 54.6 Å². The van der Waals surface area contributed by atoms with E-state index in [0.717, 1.165) is 37.5 Å². The monoisotopic (exact) mass is 296 g/mol. The SMILES string of the molecule is CC(C)CCc1ccc(OCCCCc2ccccc2)cc1. The molecular formula is C21H28O. The molecule has 0 aliphatic heterocycles. The summed E-state index contributed by atoms with van der Waals surface area (Å²) in [6.07, 6.45) is 5.83. The minimum absolute atomic E-state index is 0.764. The Morgan fingerprint density at radius 2 is 1.45 bits per heavy atom. The lowest BCUT2D eigenvalue weighted by Gasteiger charge is -2.08. The van der Waals surface area contributed by atoms with Gasteiger partial charge in [0, 0.05) is 0 Å². The fraction of sp³-hybridized carbons (Fsp3) is 0.429. The largest absolute Gasteiger partial charge is 0.494 e. The van der Waals surface area contributed by atoms with Gasteiger partial charge in [0.2, 0.25) is 0 Å². The molecular weight excluding hydrogens is 268 g/mol. The molecule has 0 aliphatic rings. The maximum absolute atomic E-state index is 5.82. The van der Waals surface area contributed by atoms with Crippen LogP contribution in [0.4, 0.5) is 0 Å². The van der Waals surface area contributed by atoms with Gasteiger partial charge in [-0.15, -0.1) is 0 Å². The topological polar surface area (TPSA) is 9.23 Å². The van der Waals surface area contributed by atoms with Crippen molar-refractivity contribution in [3.8, 4) is 5.75 Å². The lowest BCUT2D eigenvalue weighted by atomic mass is 10.0. The van der Waals surface area contributed by atoms with Crippen LogP contribution in [-0.4, -0.2) is 6.61 Å². The van der Waals surface area contributed by atoms with Crippen LogP contribution in [0.5, 0.6) is 5.75 Å². The average Bonchev–Trinajstić information content (AvgIpc) is 2.54. The van der Waals surface area contributed by atoms with Crippen molar-refractivity contribution in [3.63, 3.8) is 0 Å². The first kappa shape index (κ1) is 16.6. The van der Waals surface area contributed by atoms with Gasteiger partial charge in [-0.3, -0.25) is 0 Å². The molecule has 0 saturated carbocycles. The molecule has 0 radical (unpaired) electrons. The molecule has 22 heavy (non-hydrogen) atoms. The fourth-order valence-electron chi connectivity index (χ4n) is 2.47. The average molecular weight is 296 g/mol. The second kappa shape index (κ2) is 9.30. The predicted molar refractivity (Wildman–Crippen MR) is 94.5 cm³/mol. The highest BCUT2D eigenvalue weighted by molar-refractivity contribution is 5.27. The summed E-state index contributed by atoms with van der Waals surface area (Å²) in [5.41, 5.74) is 2.82. The molecule has 0 amide bonds. The third-order valence-corrected chi connectivity index (χ3v) is 3.91. The summed E-state index contributed by atoms with van der Waals surface area (Å²) in [4.78, 5) is 0. The molecule has 2 aromatic carbocycles. The van der Waals surface area contributed by atoms with E-state index in [1.165, 1.54) is 24.0 Å². The van der Waals surface area contributed by atoms with Crippen molar-refractivity contribution in [1.29, 1.82) is 0 Å². The molecule has 2 rings (SSSR count). The number of unbranched alkanes of at least 4 members (excludes halogenated alkanes) is 1. The predicted octanol–water partition coefficient (Wildman–Crippen LogP) is 5.68. The summed E-state index contributed by atoms with van der Waals surface area (Å²) < 4.78 is 5.82. The first-order chi connectivity index (χ1) is 10.7. The molecule has 1 nitrogen and oxygen atoms in total. The standard InChI is InChI=1S/C21H28O/c1-18(2)11-12-20-13-15-21(16-14-20)22-17-7-6-10-19-8-4-3-5-9-19/h3-5,8-9,13-16,18H,6-7,10-12,17H2,1-2H3. The van der Waals surface area contributed by atoms with Gasteiger partial charge >= 0.3 is 0 Å². The van der Waals surface area contributed by atoms with Crippen LogP contribution in [0.1, 0.15) is 44.2 Å². The van der Waals surface area contributed by atoms with Gasteiger partial charge < -0.3 is 4.74 Å². The Labute approximate surface area is 135 Å². The molecule has 118 valence electrons. The van der Waals surface area contributed by atoms with Crippen molar-refractivity contribution in [2.75, 3.05) is 6.61 Å². The first-order valence-electron chi connectivity index (χ1n) is 8.49. The summed E-state index contributed by atoms with van der Waals surface area (Å²) in [5.74, 6) is 1.76. The van der Waals surface area contributed by atoms with Crippen LogP contribution in [-0.2, 0) is 12.8 Å². The highest BCUT2D eigenvalue weighted by Crippen LogP contribution is 2.15. The highest BCUT2D eigenvalue weighted by Gasteiger charge is 1.99. The Balaban J connectivity index is 1.62. The Morgan fingerprint density at radius 3 is 2.14 bits per heavy atom. The van der Waals surface area contributed by atoms with Gasteiger partial charge in [-0.2, -0.15) is 0 Å². The highest BCUT2D eigenvalue weighted by atomic mass is 16.5. The van der Waals surface area contributed by atoms with Crippen LogP contribution in [0.2, 0.25) is 0 Å². The van der Waals surface area contributed by atoms with Crippen molar-refractivity contribution in [2.45, 2.75) is 46.0 Å². The molecule has 0 atom stereocenters. The minimum atomic E-state index is 0.764. The van der Waals surface area contributed by atoms with Crippen molar-refractivity contribution >= 4 is 0 Å². The Hall–Kier alpha value is -1.76. The summed E-state index contributed by atoms with van der Waals surface area (Å²) >= 11 is 0. The zero-order chi connectivity index (χ0) is 15.6. The van der Waals surface area contributed by atoms with Gasteiger partial charge in [0.25, 0.3) is 0 Å².